The summed E-state index contributed by atoms with van der Waals surface area (Å²) in [6.07, 6.45) is 4.81. The average molecular weight is 209 g/mol. The molecule has 1 heterocycles. The number of pyridine rings is 1. The Labute approximate surface area is 73.3 Å². The number of rotatable bonds is 1. The second-order valence-corrected chi connectivity index (χ2v) is 2.60. The van der Waals surface area contributed by atoms with E-state index < -0.39 is 0 Å². The van der Waals surface area contributed by atoms with Gasteiger partial charge in [-0.15, -0.1) is 0 Å². The zero-order valence-electron chi connectivity index (χ0n) is 5.66. The third-order valence-corrected chi connectivity index (χ3v) is 1.79. The Kier molecular flexibility index (Phi) is 2.82. The van der Waals surface area contributed by atoms with E-state index in [1.165, 1.54) is 6.08 Å². The van der Waals surface area contributed by atoms with E-state index in [9.17, 15) is 0 Å². The van der Waals surface area contributed by atoms with Gasteiger partial charge >= 0.3 is 0 Å². The van der Waals surface area contributed by atoms with Gasteiger partial charge in [0.2, 0.25) is 0 Å². The zero-order valence-corrected chi connectivity index (χ0v) is 7.25. The molecule has 0 bridgehead atoms. The second-order valence-electron chi connectivity index (χ2n) is 1.85. The highest BCUT2D eigenvalue weighted by molar-refractivity contribution is 9.10. The van der Waals surface area contributed by atoms with Crippen LogP contribution < -0.4 is 0 Å². The number of nitrogens with zero attached hydrogens (tertiary/aromatic N) is 2. The molecule has 2 nitrogen and oxygen atoms in total. The van der Waals surface area contributed by atoms with Gasteiger partial charge in [-0.3, -0.25) is 0 Å². The topological polar surface area (TPSA) is 36.7 Å². The van der Waals surface area contributed by atoms with E-state index in [2.05, 4.69) is 20.9 Å². The highest BCUT2D eigenvalue weighted by Gasteiger charge is 1.92. The van der Waals surface area contributed by atoms with Crippen LogP contribution in [0.25, 0.3) is 6.08 Å². The summed E-state index contributed by atoms with van der Waals surface area (Å²) in [5, 5.41) is 8.25. The largest absolute Gasteiger partial charge is 0.249 e. The minimum absolute atomic E-state index is 0.756. The summed E-state index contributed by atoms with van der Waals surface area (Å²) in [6, 6.07) is 5.62. The maximum Gasteiger partial charge on any atom is 0.113 e. The van der Waals surface area contributed by atoms with Crippen molar-refractivity contribution in [2.24, 2.45) is 0 Å². The van der Waals surface area contributed by atoms with E-state index in [1.807, 2.05) is 18.2 Å². The smallest absolute Gasteiger partial charge is 0.113 e. The molecule has 0 atom stereocenters. The number of hydrogen-bond acceptors (Lipinski definition) is 2. The summed E-state index contributed by atoms with van der Waals surface area (Å²) in [5.41, 5.74) is 0.911. The number of aromatic nitrogens is 1. The second kappa shape index (κ2) is 3.89. The molecule has 0 fully saturated rings. The Balaban J connectivity index is 2.97. The Bertz CT molecular complexity index is 312. The maximum absolute atomic E-state index is 8.25. The maximum atomic E-state index is 8.25. The lowest BCUT2D eigenvalue weighted by Crippen LogP contribution is -1.77. The van der Waals surface area contributed by atoms with Crippen LogP contribution in [-0.2, 0) is 0 Å². The first-order valence-electron chi connectivity index (χ1n) is 3.01. The quantitative estimate of drug-likeness (QED) is 0.525. The normalized spacial score (nSPS) is 9.82. The number of allylic oxidation sites excluding steroid dienone is 1. The van der Waals surface area contributed by atoms with Crippen LogP contribution in [0.15, 0.2) is 29.0 Å². The minimum Gasteiger partial charge on any atom is -0.249 e. The van der Waals surface area contributed by atoms with Gasteiger partial charge in [0.1, 0.15) is 4.60 Å². The fourth-order valence-corrected chi connectivity index (χ4v) is 1.03. The SMILES string of the molecule is N#C/C=C/c1cccnc1Br. The first-order chi connectivity index (χ1) is 5.34. The fourth-order valence-electron chi connectivity index (χ4n) is 0.650. The third-order valence-electron chi connectivity index (χ3n) is 1.13. The van der Waals surface area contributed by atoms with Crippen LogP contribution in [-0.4, -0.2) is 4.98 Å². The van der Waals surface area contributed by atoms with Crippen LogP contribution >= 0.6 is 15.9 Å². The third kappa shape index (κ3) is 2.17. The van der Waals surface area contributed by atoms with Gasteiger partial charge in [-0.1, -0.05) is 6.07 Å². The van der Waals surface area contributed by atoms with E-state index in [0.29, 0.717) is 0 Å². The van der Waals surface area contributed by atoms with Crippen LogP contribution in [0.2, 0.25) is 0 Å². The molecule has 0 unspecified atom stereocenters. The molecule has 0 aliphatic carbocycles. The molecule has 0 amide bonds. The molecule has 0 saturated heterocycles. The Morgan fingerprint density at radius 2 is 2.45 bits per heavy atom. The lowest BCUT2D eigenvalue weighted by atomic mass is 10.3. The highest BCUT2D eigenvalue weighted by atomic mass is 79.9. The van der Waals surface area contributed by atoms with Gasteiger partial charge in [-0.25, -0.2) is 4.98 Å². The van der Waals surface area contributed by atoms with Crippen molar-refractivity contribution in [3.05, 3.63) is 34.6 Å². The predicted octanol–water partition coefficient (Wildman–Crippen LogP) is 2.38. The van der Waals surface area contributed by atoms with Gasteiger partial charge in [0, 0.05) is 17.8 Å². The molecular weight excluding hydrogens is 204 g/mol. The van der Waals surface area contributed by atoms with Crippen LogP contribution in [0.3, 0.4) is 0 Å². The van der Waals surface area contributed by atoms with E-state index in [4.69, 9.17) is 5.26 Å². The van der Waals surface area contributed by atoms with Gasteiger partial charge in [0.05, 0.1) is 6.07 Å². The first-order valence-corrected chi connectivity index (χ1v) is 3.80. The summed E-state index contributed by atoms with van der Waals surface area (Å²) in [6.45, 7) is 0. The monoisotopic (exact) mass is 208 g/mol. The van der Waals surface area contributed by atoms with Crippen molar-refractivity contribution in [3.8, 4) is 6.07 Å². The van der Waals surface area contributed by atoms with Gasteiger partial charge < -0.3 is 0 Å². The molecule has 11 heavy (non-hydrogen) atoms. The molecule has 1 rings (SSSR count). The summed E-state index contributed by atoms with van der Waals surface area (Å²) in [4.78, 5) is 3.99. The first kappa shape index (κ1) is 7.96. The number of hydrogen-bond donors (Lipinski definition) is 0. The molecular formula is C8H5BrN2. The Morgan fingerprint density at radius 3 is 3.09 bits per heavy atom. The van der Waals surface area contributed by atoms with Crippen molar-refractivity contribution in [3.63, 3.8) is 0 Å². The highest BCUT2D eigenvalue weighted by Crippen LogP contribution is 2.13. The van der Waals surface area contributed by atoms with E-state index in [1.54, 1.807) is 12.3 Å². The standard InChI is InChI=1S/C8H5BrN2/c9-8-7(3-1-5-10)4-2-6-11-8/h1-4,6H/b3-1+. The van der Waals surface area contributed by atoms with Crippen molar-refractivity contribution in [2.75, 3.05) is 0 Å². The summed E-state index contributed by atoms with van der Waals surface area (Å²) in [5.74, 6) is 0. The van der Waals surface area contributed by atoms with Crippen molar-refractivity contribution >= 4 is 22.0 Å². The van der Waals surface area contributed by atoms with E-state index in [-0.39, 0.29) is 0 Å². The Morgan fingerprint density at radius 1 is 1.64 bits per heavy atom. The van der Waals surface area contributed by atoms with E-state index in [0.717, 1.165) is 10.2 Å². The lowest BCUT2D eigenvalue weighted by Gasteiger charge is -1.92. The van der Waals surface area contributed by atoms with Crippen molar-refractivity contribution in [2.45, 2.75) is 0 Å². The van der Waals surface area contributed by atoms with Crippen LogP contribution in [0, 0.1) is 11.3 Å². The lowest BCUT2D eigenvalue weighted by molar-refractivity contribution is 1.26. The number of halogens is 1. The predicted molar refractivity (Wildman–Crippen MR) is 46.6 cm³/mol. The molecule has 0 aliphatic heterocycles. The number of nitriles is 1. The zero-order chi connectivity index (χ0) is 8.10. The molecule has 0 aromatic carbocycles. The molecule has 1 aromatic rings. The van der Waals surface area contributed by atoms with Crippen LogP contribution in [0.1, 0.15) is 5.56 Å². The molecule has 1 aromatic heterocycles. The van der Waals surface area contributed by atoms with Gasteiger partial charge in [-0.2, -0.15) is 5.26 Å². The fraction of sp³-hybridized carbons (Fsp3) is 0. The van der Waals surface area contributed by atoms with Crippen molar-refractivity contribution in [1.29, 1.82) is 5.26 Å². The molecule has 0 spiro atoms. The van der Waals surface area contributed by atoms with Crippen LogP contribution in [0.4, 0.5) is 0 Å². The average Bonchev–Trinajstić information content (AvgIpc) is 2.03. The van der Waals surface area contributed by atoms with Gasteiger partial charge in [0.25, 0.3) is 0 Å². The molecule has 54 valence electrons. The van der Waals surface area contributed by atoms with Crippen molar-refractivity contribution < 1.29 is 0 Å². The minimum atomic E-state index is 0.756. The molecule has 3 heteroatoms. The van der Waals surface area contributed by atoms with Gasteiger partial charge in [0.15, 0.2) is 0 Å². The summed E-state index contributed by atoms with van der Waals surface area (Å²) in [7, 11) is 0. The molecule has 0 radical (unpaired) electrons. The Hall–Kier alpha value is -1.14. The molecule has 0 aliphatic rings. The van der Waals surface area contributed by atoms with Crippen molar-refractivity contribution in [1.82, 2.24) is 4.98 Å². The van der Waals surface area contributed by atoms with Gasteiger partial charge in [-0.05, 0) is 28.1 Å². The van der Waals surface area contributed by atoms with E-state index >= 15 is 0 Å². The molecule has 0 N–H and O–H groups in total. The molecule has 0 saturated carbocycles. The summed E-state index contributed by atoms with van der Waals surface area (Å²) >= 11 is 3.25. The van der Waals surface area contributed by atoms with Crippen LogP contribution in [0.5, 0.6) is 0 Å². The summed E-state index contributed by atoms with van der Waals surface area (Å²) < 4.78 is 0.756.